The Morgan fingerprint density at radius 2 is 1.88 bits per heavy atom. The molecule has 1 aliphatic rings. The van der Waals surface area contributed by atoms with Gasteiger partial charge in [0.1, 0.15) is 0 Å². The van der Waals surface area contributed by atoms with E-state index in [-0.39, 0.29) is 6.04 Å². The van der Waals surface area contributed by atoms with Crippen LogP contribution in [0.2, 0.25) is 0 Å². The van der Waals surface area contributed by atoms with Gasteiger partial charge in [-0.15, -0.1) is 10.2 Å². The maximum Gasteiger partial charge on any atom is 0.176 e. The predicted molar refractivity (Wildman–Crippen MR) is 61.5 cm³/mol. The van der Waals surface area contributed by atoms with Crippen molar-refractivity contribution in [3.63, 3.8) is 0 Å². The summed E-state index contributed by atoms with van der Waals surface area (Å²) < 4.78 is 0. The monoisotopic (exact) mass is 223 g/mol. The summed E-state index contributed by atoms with van der Waals surface area (Å²) in [6, 6.07) is 0.120. The van der Waals surface area contributed by atoms with Crippen LogP contribution in [-0.2, 0) is 13.5 Å². The van der Waals surface area contributed by atoms with Gasteiger partial charge in [-0.05, 0) is 22.0 Å². The number of tetrazole rings is 1. The fourth-order valence-electron chi connectivity index (χ4n) is 3.05. The second-order valence-corrected chi connectivity index (χ2v) is 5.98. The number of nitrogens with zero attached hydrogens (tertiary/aromatic N) is 4. The minimum atomic E-state index is 0.120. The van der Waals surface area contributed by atoms with Crippen LogP contribution in [0, 0.1) is 16.7 Å². The zero-order valence-electron chi connectivity index (χ0n) is 10.7. The van der Waals surface area contributed by atoms with E-state index in [0.29, 0.717) is 23.2 Å². The Kier molecular flexibility index (Phi) is 2.35. The molecular formula is C11H21N5. The van der Waals surface area contributed by atoms with E-state index >= 15 is 0 Å². The molecule has 5 heteroatoms. The highest BCUT2D eigenvalue weighted by Gasteiger charge is 2.66. The van der Waals surface area contributed by atoms with Crippen molar-refractivity contribution in [2.75, 3.05) is 0 Å². The number of hydrogen-bond acceptors (Lipinski definition) is 4. The normalized spacial score (nSPS) is 24.4. The predicted octanol–water partition coefficient (Wildman–Crippen LogP) is 0.762. The van der Waals surface area contributed by atoms with Crippen molar-refractivity contribution in [3.8, 4) is 0 Å². The van der Waals surface area contributed by atoms with E-state index in [1.54, 1.807) is 7.05 Å². The van der Waals surface area contributed by atoms with E-state index in [2.05, 4.69) is 43.1 Å². The smallest absolute Gasteiger partial charge is 0.176 e. The molecule has 0 radical (unpaired) electrons. The first kappa shape index (κ1) is 11.5. The molecule has 5 nitrogen and oxygen atoms in total. The van der Waals surface area contributed by atoms with Crippen molar-refractivity contribution in [2.45, 2.75) is 40.2 Å². The summed E-state index contributed by atoms with van der Waals surface area (Å²) in [4.78, 5) is 1.48. The van der Waals surface area contributed by atoms with Gasteiger partial charge in [0.2, 0.25) is 0 Å². The second-order valence-electron chi connectivity index (χ2n) is 5.98. The Balaban J connectivity index is 2.03. The van der Waals surface area contributed by atoms with Gasteiger partial charge in [-0.1, -0.05) is 27.7 Å². The molecule has 1 fully saturated rings. The minimum Gasteiger partial charge on any atom is -0.327 e. The molecule has 0 aliphatic heterocycles. The van der Waals surface area contributed by atoms with Gasteiger partial charge in [0.25, 0.3) is 0 Å². The first-order valence-electron chi connectivity index (χ1n) is 5.75. The molecule has 1 aliphatic carbocycles. The summed E-state index contributed by atoms with van der Waals surface area (Å²) in [6.07, 6.45) is 0.714. The molecule has 1 aromatic rings. The number of aromatic nitrogens is 4. The lowest BCUT2D eigenvalue weighted by atomic mass is 10.0. The average Bonchev–Trinajstić information content (AvgIpc) is 2.44. The fourth-order valence-corrected chi connectivity index (χ4v) is 3.05. The standard InChI is InChI=1S/C11H21N5/c1-10(2)9(11(10,3)4)7(12)6-8-13-15-16(5)14-8/h7,9H,6,12H2,1-5H3. The molecule has 0 bridgehead atoms. The van der Waals surface area contributed by atoms with Crippen LogP contribution in [-0.4, -0.2) is 26.2 Å². The molecule has 0 amide bonds. The molecule has 1 heterocycles. The first-order valence-corrected chi connectivity index (χ1v) is 5.75. The third-order valence-corrected chi connectivity index (χ3v) is 4.53. The van der Waals surface area contributed by atoms with Crippen LogP contribution < -0.4 is 5.73 Å². The first-order chi connectivity index (χ1) is 7.26. The molecular weight excluding hydrogens is 202 g/mol. The van der Waals surface area contributed by atoms with Gasteiger partial charge in [0.05, 0.1) is 7.05 Å². The lowest BCUT2D eigenvalue weighted by molar-refractivity contribution is 0.457. The third kappa shape index (κ3) is 1.54. The van der Waals surface area contributed by atoms with E-state index in [9.17, 15) is 0 Å². The van der Waals surface area contributed by atoms with Gasteiger partial charge >= 0.3 is 0 Å². The Morgan fingerprint density at radius 3 is 2.25 bits per heavy atom. The van der Waals surface area contributed by atoms with E-state index in [0.717, 1.165) is 5.82 Å². The largest absolute Gasteiger partial charge is 0.327 e. The number of aryl methyl sites for hydroxylation is 1. The average molecular weight is 223 g/mol. The van der Waals surface area contributed by atoms with Gasteiger partial charge < -0.3 is 5.73 Å². The topological polar surface area (TPSA) is 69.6 Å². The summed E-state index contributed by atoms with van der Waals surface area (Å²) in [5.41, 5.74) is 6.88. The molecule has 90 valence electrons. The molecule has 1 aromatic heterocycles. The van der Waals surface area contributed by atoms with Crippen molar-refractivity contribution in [1.29, 1.82) is 0 Å². The summed E-state index contributed by atoms with van der Waals surface area (Å²) in [5.74, 6) is 1.28. The van der Waals surface area contributed by atoms with Crippen LogP contribution >= 0.6 is 0 Å². The third-order valence-electron chi connectivity index (χ3n) is 4.53. The van der Waals surface area contributed by atoms with E-state index < -0.39 is 0 Å². The van der Waals surface area contributed by atoms with Crippen LogP contribution in [0.5, 0.6) is 0 Å². The van der Waals surface area contributed by atoms with Crippen molar-refractivity contribution >= 4 is 0 Å². The van der Waals surface area contributed by atoms with Crippen LogP contribution in [0.4, 0.5) is 0 Å². The van der Waals surface area contributed by atoms with Crippen molar-refractivity contribution in [1.82, 2.24) is 20.2 Å². The minimum absolute atomic E-state index is 0.120. The lowest BCUT2D eigenvalue weighted by Gasteiger charge is -2.10. The Bertz CT molecular complexity index is 379. The summed E-state index contributed by atoms with van der Waals surface area (Å²) in [5, 5.41) is 12.0. The maximum absolute atomic E-state index is 6.25. The summed E-state index contributed by atoms with van der Waals surface area (Å²) in [7, 11) is 1.77. The summed E-state index contributed by atoms with van der Waals surface area (Å²) in [6.45, 7) is 9.12. The summed E-state index contributed by atoms with van der Waals surface area (Å²) >= 11 is 0. The quantitative estimate of drug-likeness (QED) is 0.821. The lowest BCUT2D eigenvalue weighted by Crippen LogP contribution is -2.29. The van der Waals surface area contributed by atoms with Crippen molar-refractivity contribution < 1.29 is 0 Å². The van der Waals surface area contributed by atoms with Crippen LogP contribution in [0.25, 0.3) is 0 Å². The molecule has 2 rings (SSSR count). The van der Waals surface area contributed by atoms with Crippen LogP contribution in [0.1, 0.15) is 33.5 Å². The van der Waals surface area contributed by atoms with Crippen molar-refractivity contribution in [3.05, 3.63) is 5.82 Å². The van der Waals surface area contributed by atoms with Gasteiger partial charge in [-0.3, -0.25) is 0 Å². The van der Waals surface area contributed by atoms with E-state index in [1.165, 1.54) is 4.80 Å². The second kappa shape index (κ2) is 3.26. The van der Waals surface area contributed by atoms with Gasteiger partial charge in [0.15, 0.2) is 5.82 Å². The molecule has 0 aromatic carbocycles. The SMILES string of the molecule is Cn1nnc(CC(N)C2C(C)(C)C2(C)C)n1. The van der Waals surface area contributed by atoms with E-state index in [4.69, 9.17) is 5.73 Å². The van der Waals surface area contributed by atoms with Gasteiger partial charge in [-0.25, -0.2) is 0 Å². The van der Waals surface area contributed by atoms with Crippen molar-refractivity contribution in [2.24, 2.45) is 29.5 Å². The molecule has 16 heavy (non-hydrogen) atoms. The Morgan fingerprint density at radius 1 is 1.31 bits per heavy atom. The van der Waals surface area contributed by atoms with Crippen LogP contribution in [0.3, 0.4) is 0 Å². The molecule has 1 atom stereocenters. The maximum atomic E-state index is 6.25. The van der Waals surface area contributed by atoms with Gasteiger partial charge in [0, 0.05) is 12.5 Å². The zero-order chi connectivity index (χ0) is 12.1. The number of nitrogens with two attached hydrogens (primary N) is 1. The highest BCUT2D eigenvalue weighted by molar-refractivity contribution is 5.16. The van der Waals surface area contributed by atoms with Crippen LogP contribution in [0.15, 0.2) is 0 Å². The Labute approximate surface area is 96.4 Å². The molecule has 0 saturated heterocycles. The number of hydrogen-bond donors (Lipinski definition) is 1. The zero-order valence-corrected chi connectivity index (χ0v) is 10.7. The van der Waals surface area contributed by atoms with E-state index in [1.807, 2.05) is 0 Å². The highest BCUT2D eigenvalue weighted by atomic mass is 15.6. The Hall–Kier alpha value is -0.970. The molecule has 1 saturated carbocycles. The fraction of sp³-hybridized carbons (Fsp3) is 0.909. The highest BCUT2D eigenvalue weighted by Crippen LogP contribution is 2.69. The molecule has 1 unspecified atom stereocenters. The molecule has 0 spiro atoms. The van der Waals surface area contributed by atoms with Gasteiger partial charge in [-0.2, -0.15) is 4.80 Å². The molecule has 2 N–H and O–H groups in total. The number of rotatable bonds is 3.